The molecule has 1 unspecified atom stereocenters. The van der Waals surface area contributed by atoms with E-state index in [-0.39, 0.29) is 24.0 Å². The summed E-state index contributed by atoms with van der Waals surface area (Å²) in [5.74, 6) is 0.728. The van der Waals surface area contributed by atoms with E-state index in [1.807, 2.05) is 6.92 Å². The fraction of sp³-hybridized carbons (Fsp3) is 0.476. The normalized spacial score (nSPS) is 21.3. The molecule has 0 N–H and O–H groups in total. The summed E-state index contributed by atoms with van der Waals surface area (Å²) >= 11 is 0. The number of ketones is 1. The molecule has 0 radical (unpaired) electrons. The highest BCUT2D eigenvalue weighted by atomic mass is 19.1. The van der Waals surface area contributed by atoms with Gasteiger partial charge in [0.25, 0.3) is 0 Å². The molecule has 5 heteroatoms. The van der Waals surface area contributed by atoms with Gasteiger partial charge in [-0.05, 0) is 54.9 Å². The van der Waals surface area contributed by atoms with Gasteiger partial charge in [-0.2, -0.15) is 0 Å². The van der Waals surface area contributed by atoms with Crippen molar-refractivity contribution in [3.05, 3.63) is 59.4 Å². The number of rotatable bonds is 6. The Bertz CT molecular complexity index is 723. The lowest BCUT2D eigenvalue weighted by atomic mass is 9.77. The zero-order valence-corrected chi connectivity index (χ0v) is 15.0. The number of benzene rings is 1. The van der Waals surface area contributed by atoms with Crippen LogP contribution in [0.2, 0.25) is 0 Å². The third-order valence-electron chi connectivity index (χ3n) is 5.30. The molecule has 0 aliphatic heterocycles. The van der Waals surface area contributed by atoms with Crippen LogP contribution in [0.15, 0.2) is 36.7 Å². The van der Waals surface area contributed by atoms with E-state index in [1.54, 1.807) is 24.5 Å². The second kappa shape index (κ2) is 8.47. The van der Waals surface area contributed by atoms with Crippen LogP contribution in [0.25, 0.3) is 0 Å². The molecule has 0 saturated heterocycles. The van der Waals surface area contributed by atoms with Crippen molar-refractivity contribution in [2.24, 2.45) is 5.92 Å². The number of carbonyl (C=O) groups is 1. The number of aromatic nitrogens is 2. The summed E-state index contributed by atoms with van der Waals surface area (Å²) in [4.78, 5) is 20.2. The van der Waals surface area contributed by atoms with Crippen molar-refractivity contribution in [3.8, 4) is 0 Å². The summed E-state index contributed by atoms with van der Waals surface area (Å²) in [5.41, 5.74) is 1.73. The third-order valence-corrected chi connectivity index (χ3v) is 5.30. The van der Waals surface area contributed by atoms with E-state index in [0.717, 1.165) is 31.2 Å². The lowest BCUT2D eigenvalue weighted by Crippen LogP contribution is -2.20. The number of hydrogen-bond acceptors (Lipinski definition) is 3. The molecule has 2 aromatic rings. The van der Waals surface area contributed by atoms with Gasteiger partial charge in [-0.1, -0.05) is 19.1 Å². The van der Waals surface area contributed by atoms with Crippen LogP contribution in [0.3, 0.4) is 0 Å². The van der Waals surface area contributed by atoms with Gasteiger partial charge in [0.15, 0.2) is 12.0 Å². The molecule has 1 heterocycles. The number of carbonyl (C=O) groups excluding carboxylic acids is 1. The van der Waals surface area contributed by atoms with Crippen molar-refractivity contribution in [1.29, 1.82) is 0 Å². The summed E-state index contributed by atoms with van der Waals surface area (Å²) in [6.45, 7) is 1.92. The minimum Gasteiger partial charge on any atom is -0.299 e. The Kier molecular flexibility index (Phi) is 6.07. The number of nitrogens with zero attached hydrogens (tertiary/aromatic N) is 2. The first kappa shape index (κ1) is 18.6. The maximum absolute atomic E-state index is 14.4. The lowest BCUT2D eigenvalue weighted by molar-refractivity contribution is -0.123. The third kappa shape index (κ3) is 4.51. The van der Waals surface area contributed by atoms with Gasteiger partial charge >= 0.3 is 0 Å². The molecule has 1 fully saturated rings. The van der Waals surface area contributed by atoms with Crippen LogP contribution in [-0.2, 0) is 11.2 Å². The Balaban J connectivity index is 1.58. The van der Waals surface area contributed by atoms with Crippen LogP contribution in [0.1, 0.15) is 68.1 Å². The van der Waals surface area contributed by atoms with Crippen molar-refractivity contribution in [2.45, 2.75) is 57.5 Å². The standard InChI is InChI=1S/C21H24F2N2O/c1-2-20(26)16-7-5-15(6-8-16)17-12-24-21(25-13-17)19(23)11-14-3-9-18(22)10-4-14/h3-4,9-10,12-13,15-16,19H,2,5-8,11H2,1H3. The molecular formula is C21H24F2N2O. The first-order valence-corrected chi connectivity index (χ1v) is 9.30. The summed E-state index contributed by atoms with van der Waals surface area (Å²) in [7, 11) is 0. The molecular weight excluding hydrogens is 334 g/mol. The van der Waals surface area contributed by atoms with Gasteiger partial charge in [0.2, 0.25) is 0 Å². The van der Waals surface area contributed by atoms with Crippen molar-refractivity contribution < 1.29 is 13.6 Å². The fourth-order valence-electron chi connectivity index (χ4n) is 3.68. The van der Waals surface area contributed by atoms with Crippen LogP contribution in [0.5, 0.6) is 0 Å². The van der Waals surface area contributed by atoms with Gasteiger partial charge in [0.05, 0.1) is 0 Å². The molecule has 0 bridgehead atoms. The summed E-state index contributed by atoms with van der Waals surface area (Å²) in [6, 6.07) is 5.80. The smallest absolute Gasteiger partial charge is 0.163 e. The van der Waals surface area contributed by atoms with Crippen LogP contribution in [-0.4, -0.2) is 15.8 Å². The second-order valence-corrected chi connectivity index (χ2v) is 7.04. The maximum Gasteiger partial charge on any atom is 0.163 e. The highest BCUT2D eigenvalue weighted by Gasteiger charge is 2.26. The van der Waals surface area contributed by atoms with Crippen LogP contribution in [0, 0.1) is 11.7 Å². The molecule has 1 atom stereocenters. The number of hydrogen-bond donors (Lipinski definition) is 0. The molecule has 3 nitrogen and oxygen atoms in total. The summed E-state index contributed by atoms with van der Waals surface area (Å²) < 4.78 is 27.3. The Morgan fingerprint density at radius 3 is 2.31 bits per heavy atom. The average molecular weight is 358 g/mol. The molecule has 26 heavy (non-hydrogen) atoms. The first-order chi connectivity index (χ1) is 12.6. The van der Waals surface area contributed by atoms with Crippen LogP contribution in [0.4, 0.5) is 8.78 Å². The fourth-order valence-corrected chi connectivity index (χ4v) is 3.68. The summed E-state index contributed by atoms with van der Waals surface area (Å²) in [6.07, 6.45) is 6.58. The van der Waals surface area contributed by atoms with Crippen molar-refractivity contribution in [1.82, 2.24) is 9.97 Å². The molecule has 1 aliphatic carbocycles. The van der Waals surface area contributed by atoms with E-state index in [4.69, 9.17) is 0 Å². The van der Waals surface area contributed by atoms with Crippen LogP contribution < -0.4 is 0 Å². The average Bonchev–Trinajstić information content (AvgIpc) is 2.69. The maximum atomic E-state index is 14.4. The molecule has 138 valence electrons. The number of halogens is 2. The Labute approximate surface area is 152 Å². The molecule has 0 amide bonds. The number of alkyl halides is 1. The van der Waals surface area contributed by atoms with Gasteiger partial charge < -0.3 is 0 Å². The minimum absolute atomic E-state index is 0.129. The monoisotopic (exact) mass is 358 g/mol. The summed E-state index contributed by atoms with van der Waals surface area (Å²) in [5, 5.41) is 0. The van der Waals surface area contributed by atoms with E-state index in [0.29, 0.717) is 23.7 Å². The zero-order chi connectivity index (χ0) is 18.5. The Morgan fingerprint density at radius 2 is 1.73 bits per heavy atom. The zero-order valence-electron chi connectivity index (χ0n) is 15.0. The molecule has 1 aromatic carbocycles. The Morgan fingerprint density at radius 1 is 1.12 bits per heavy atom. The highest BCUT2D eigenvalue weighted by Crippen LogP contribution is 2.36. The molecule has 1 aromatic heterocycles. The Hall–Kier alpha value is -2.17. The minimum atomic E-state index is -1.31. The van der Waals surface area contributed by atoms with E-state index in [9.17, 15) is 13.6 Å². The van der Waals surface area contributed by atoms with Crippen molar-refractivity contribution in [3.63, 3.8) is 0 Å². The van der Waals surface area contributed by atoms with Gasteiger partial charge in [-0.3, -0.25) is 4.79 Å². The van der Waals surface area contributed by atoms with Gasteiger partial charge in [0.1, 0.15) is 11.6 Å². The SMILES string of the molecule is CCC(=O)C1CCC(c2cnc(C(F)Cc3ccc(F)cc3)nc2)CC1. The van der Waals surface area contributed by atoms with E-state index < -0.39 is 6.17 Å². The van der Waals surface area contributed by atoms with E-state index in [2.05, 4.69) is 9.97 Å². The topological polar surface area (TPSA) is 42.9 Å². The first-order valence-electron chi connectivity index (χ1n) is 9.30. The number of Topliss-reactive ketones (excluding diaryl/α,β-unsaturated/α-hetero) is 1. The van der Waals surface area contributed by atoms with Crippen LogP contribution >= 0.6 is 0 Å². The van der Waals surface area contributed by atoms with Gasteiger partial charge in [-0.15, -0.1) is 0 Å². The van der Waals surface area contributed by atoms with Gasteiger partial charge in [0, 0.05) is 31.2 Å². The molecule has 1 saturated carbocycles. The second-order valence-electron chi connectivity index (χ2n) is 7.04. The predicted molar refractivity (Wildman–Crippen MR) is 96.0 cm³/mol. The highest BCUT2D eigenvalue weighted by molar-refractivity contribution is 5.80. The van der Waals surface area contributed by atoms with Crippen molar-refractivity contribution in [2.75, 3.05) is 0 Å². The van der Waals surface area contributed by atoms with E-state index in [1.165, 1.54) is 12.1 Å². The van der Waals surface area contributed by atoms with Gasteiger partial charge in [-0.25, -0.2) is 18.7 Å². The van der Waals surface area contributed by atoms with Crippen molar-refractivity contribution >= 4 is 5.78 Å². The molecule has 1 aliphatic rings. The largest absolute Gasteiger partial charge is 0.299 e. The predicted octanol–water partition coefficient (Wildman–Crippen LogP) is 5.12. The molecule has 0 spiro atoms. The molecule has 3 rings (SSSR count). The van der Waals surface area contributed by atoms with E-state index >= 15 is 0 Å². The lowest BCUT2D eigenvalue weighted by Gasteiger charge is -2.27. The quantitative estimate of drug-likeness (QED) is 0.720.